The lowest BCUT2D eigenvalue weighted by Gasteiger charge is -2.35. The minimum absolute atomic E-state index is 0.0673. The van der Waals surface area contributed by atoms with Crippen LogP contribution in [0, 0.1) is 5.92 Å². The van der Waals surface area contributed by atoms with Gasteiger partial charge in [-0.2, -0.15) is 0 Å². The van der Waals surface area contributed by atoms with Crippen molar-refractivity contribution in [3.63, 3.8) is 0 Å². The van der Waals surface area contributed by atoms with Crippen LogP contribution >= 0.6 is 0 Å². The number of carbonyl (C=O) groups excluding carboxylic acids is 1. The summed E-state index contributed by atoms with van der Waals surface area (Å²) in [6.45, 7) is 0.675. The van der Waals surface area contributed by atoms with Crippen LogP contribution in [0.1, 0.15) is 36.3 Å². The van der Waals surface area contributed by atoms with Crippen LogP contribution in [0.2, 0.25) is 0 Å². The summed E-state index contributed by atoms with van der Waals surface area (Å²) in [5.41, 5.74) is 2.52. The minimum Gasteiger partial charge on any atom is -0.473 e. The molecule has 29 heavy (non-hydrogen) atoms. The van der Waals surface area contributed by atoms with Gasteiger partial charge in [0.25, 0.3) is 0 Å². The highest BCUT2D eigenvalue weighted by Crippen LogP contribution is 2.50. The molecule has 2 heterocycles. The van der Waals surface area contributed by atoms with E-state index in [0.717, 1.165) is 30.4 Å². The van der Waals surface area contributed by atoms with Crippen LogP contribution in [0.3, 0.4) is 0 Å². The van der Waals surface area contributed by atoms with Crippen LogP contribution in [0.25, 0.3) is 0 Å². The smallest absolute Gasteiger partial charge is 0.473 e. The maximum atomic E-state index is 12.4. The zero-order chi connectivity index (χ0) is 20.2. The van der Waals surface area contributed by atoms with Crippen LogP contribution in [0.15, 0.2) is 36.4 Å². The quantitative estimate of drug-likeness (QED) is 0.533. The molecule has 2 aromatic carbocycles. The number of rotatable bonds is 2. The van der Waals surface area contributed by atoms with E-state index in [9.17, 15) is 18.0 Å². The van der Waals surface area contributed by atoms with Crippen molar-refractivity contribution in [1.29, 1.82) is 0 Å². The number of hydrogen-bond donors (Lipinski definition) is 0. The Morgan fingerprint density at radius 1 is 1.03 bits per heavy atom. The van der Waals surface area contributed by atoms with Crippen LogP contribution in [-0.2, 0) is 11.3 Å². The fourth-order valence-electron chi connectivity index (χ4n) is 4.52. The van der Waals surface area contributed by atoms with Crippen molar-refractivity contribution >= 4 is 11.7 Å². The predicted octanol–water partition coefficient (Wildman–Crippen LogP) is 4.74. The molecule has 0 saturated heterocycles. The molecule has 2 aliphatic heterocycles. The van der Waals surface area contributed by atoms with Gasteiger partial charge >= 0.3 is 12.3 Å². The van der Waals surface area contributed by atoms with E-state index in [4.69, 9.17) is 9.47 Å². The summed E-state index contributed by atoms with van der Waals surface area (Å²) < 4.78 is 52.5. The van der Waals surface area contributed by atoms with Crippen molar-refractivity contribution in [2.45, 2.75) is 38.1 Å². The van der Waals surface area contributed by atoms with Gasteiger partial charge < -0.3 is 19.1 Å². The number of anilines is 1. The van der Waals surface area contributed by atoms with Crippen molar-refractivity contribution in [2.75, 3.05) is 11.6 Å². The number of ether oxygens (including phenoxy) is 3. The van der Waals surface area contributed by atoms with E-state index in [1.807, 2.05) is 17.0 Å². The highest BCUT2D eigenvalue weighted by atomic mass is 19.4. The normalized spacial score (nSPS) is 22.9. The van der Waals surface area contributed by atoms with Crippen molar-refractivity contribution in [2.24, 2.45) is 5.92 Å². The maximum absolute atomic E-state index is 12.4. The number of carbonyl (C=O) groups is 1. The van der Waals surface area contributed by atoms with Gasteiger partial charge in [0.15, 0.2) is 6.73 Å². The van der Waals surface area contributed by atoms with Gasteiger partial charge in [0.2, 0.25) is 0 Å². The Bertz CT molecular complexity index is 958. The molecule has 2 aromatic rings. The van der Waals surface area contributed by atoms with Crippen molar-refractivity contribution < 1.29 is 32.2 Å². The second-order valence-electron chi connectivity index (χ2n) is 7.54. The Balaban J connectivity index is 1.42. The second kappa shape index (κ2) is 6.57. The lowest BCUT2D eigenvalue weighted by Crippen LogP contribution is -2.34. The molecular formula is C21H18F3NO4. The second-order valence-corrected chi connectivity index (χ2v) is 7.54. The molecule has 0 unspecified atom stereocenters. The van der Waals surface area contributed by atoms with Crippen LogP contribution < -0.4 is 19.1 Å². The topological polar surface area (TPSA) is 48.0 Å². The summed E-state index contributed by atoms with van der Waals surface area (Å²) in [6.07, 6.45) is -1.89. The van der Waals surface area contributed by atoms with E-state index in [-0.39, 0.29) is 30.3 Å². The van der Waals surface area contributed by atoms with E-state index < -0.39 is 6.36 Å². The fraction of sp³-hybridized carbons (Fsp3) is 0.381. The summed E-state index contributed by atoms with van der Waals surface area (Å²) in [7, 11) is 0. The zero-order valence-electron chi connectivity index (χ0n) is 15.4. The number of benzene rings is 2. The molecule has 0 spiro atoms. The molecule has 152 valence electrons. The first-order chi connectivity index (χ1) is 13.9. The third-order valence-corrected chi connectivity index (χ3v) is 5.83. The highest BCUT2D eigenvalue weighted by Gasteiger charge is 2.42. The average molecular weight is 405 g/mol. The van der Waals surface area contributed by atoms with Crippen LogP contribution in [0.4, 0.5) is 18.9 Å². The van der Waals surface area contributed by atoms with Crippen LogP contribution in [0.5, 0.6) is 17.2 Å². The minimum atomic E-state index is -4.73. The first-order valence-electron chi connectivity index (χ1n) is 9.50. The Morgan fingerprint density at radius 2 is 1.79 bits per heavy atom. The molecule has 5 nitrogen and oxygen atoms in total. The van der Waals surface area contributed by atoms with Gasteiger partial charge in [-0.05, 0) is 48.7 Å². The van der Waals surface area contributed by atoms with Crippen molar-refractivity contribution in [1.82, 2.24) is 0 Å². The van der Waals surface area contributed by atoms with Crippen molar-refractivity contribution in [3.05, 3.63) is 47.5 Å². The Labute approximate surface area is 165 Å². The van der Waals surface area contributed by atoms with Gasteiger partial charge in [-0.3, -0.25) is 4.79 Å². The highest BCUT2D eigenvalue weighted by molar-refractivity contribution is 5.81. The Morgan fingerprint density at radius 3 is 2.55 bits per heavy atom. The Kier molecular flexibility index (Phi) is 4.11. The van der Waals surface area contributed by atoms with E-state index in [2.05, 4.69) is 4.74 Å². The fourth-order valence-corrected chi connectivity index (χ4v) is 4.52. The summed E-state index contributed by atoms with van der Waals surface area (Å²) in [4.78, 5) is 14.3. The molecule has 0 bridgehead atoms. The van der Waals surface area contributed by atoms with E-state index in [1.165, 1.54) is 12.1 Å². The summed E-state index contributed by atoms with van der Waals surface area (Å²) in [5, 5.41) is 0. The third-order valence-electron chi connectivity index (χ3n) is 5.83. The van der Waals surface area contributed by atoms with E-state index in [1.54, 1.807) is 12.1 Å². The molecule has 3 aliphatic rings. The van der Waals surface area contributed by atoms with E-state index in [0.29, 0.717) is 23.7 Å². The van der Waals surface area contributed by atoms with E-state index >= 15 is 0 Å². The number of hydrogen-bond acceptors (Lipinski definition) is 5. The lowest BCUT2D eigenvalue weighted by atomic mass is 9.85. The molecule has 1 saturated carbocycles. The number of alkyl halides is 3. The monoisotopic (exact) mass is 405 g/mol. The summed E-state index contributed by atoms with van der Waals surface area (Å²) in [6, 6.07) is 9.53. The zero-order valence-corrected chi connectivity index (χ0v) is 15.4. The Hall–Kier alpha value is -2.90. The molecule has 0 N–H and O–H groups in total. The molecule has 1 fully saturated rings. The molecule has 0 radical (unpaired) electrons. The van der Waals surface area contributed by atoms with Gasteiger partial charge in [0.1, 0.15) is 17.2 Å². The molecular weight excluding hydrogens is 387 g/mol. The van der Waals surface area contributed by atoms with Gasteiger partial charge in [0.05, 0.1) is 18.0 Å². The number of nitrogens with zero attached hydrogens (tertiary/aromatic N) is 1. The van der Waals surface area contributed by atoms with Gasteiger partial charge in [0, 0.05) is 11.6 Å². The molecule has 8 heteroatoms. The first kappa shape index (κ1) is 18.1. The SMILES string of the molecule is O=C1Oc2c(ccc3c2CN(c2ccc(OC(F)(F)F)cc2)CO3)[C@@H]2CCC[C@H]12. The third kappa shape index (κ3) is 3.26. The predicted molar refractivity (Wildman–Crippen MR) is 97.0 cm³/mol. The summed E-state index contributed by atoms with van der Waals surface area (Å²) in [5.74, 6) is 0.907. The van der Waals surface area contributed by atoms with Gasteiger partial charge in [-0.1, -0.05) is 12.5 Å². The molecule has 2 atom stereocenters. The van der Waals surface area contributed by atoms with Crippen molar-refractivity contribution in [3.8, 4) is 17.2 Å². The molecule has 5 rings (SSSR count). The molecule has 1 aliphatic carbocycles. The van der Waals surface area contributed by atoms with Gasteiger partial charge in [-0.25, -0.2) is 0 Å². The largest absolute Gasteiger partial charge is 0.573 e. The lowest BCUT2D eigenvalue weighted by molar-refractivity contribution is -0.274. The first-order valence-corrected chi connectivity index (χ1v) is 9.50. The number of halogens is 3. The molecule has 0 aromatic heterocycles. The maximum Gasteiger partial charge on any atom is 0.573 e. The summed E-state index contributed by atoms with van der Waals surface area (Å²) >= 11 is 0. The van der Waals surface area contributed by atoms with Crippen LogP contribution in [-0.4, -0.2) is 19.1 Å². The standard InChI is InChI=1S/C21H18F3NO4/c22-21(23,24)29-13-6-4-12(5-7-13)25-10-17-18(27-11-25)9-8-15-14-2-1-3-16(14)20(26)28-19(15)17/h4-9,14,16H,1-3,10-11H2/t14-,16-/m0/s1. The number of fused-ring (bicyclic) bond motifs is 5. The number of esters is 1. The average Bonchev–Trinajstić information content (AvgIpc) is 3.18. The van der Waals surface area contributed by atoms with Gasteiger partial charge in [-0.15, -0.1) is 13.2 Å². The molecule has 0 amide bonds.